The summed E-state index contributed by atoms with van der Waals surface area (Å²) in [7, 11) is 0. The molecule has 0 bridgehead atoms. The van der Waals surface area contributed by atoms with Crippen LogP contribution in [0.2, 0.25) is 0 Å². The maximum absolute atomic E-state index is 5.55. The lowest BCUT2D eigenvalue weighted by molar-refractivity contribution is 0.660. The zero-order valence-electron chi connectivity index (χ0n) is 36.1. The minimum absolute atomic E-state index is 0.151. The number of benzene rings is 9. The third-order valence-corrected chi connectivity index (χ3v) is 13.7. The number of hydrogen-bond acceptors (Lipinski definition) is 2. The molecule has 0 aliphatic heterocycles. The maximum Gasteiger partial charge on any atom is 0.160 e. The van der Waals surface area contributed by atoms with E-state index in [4.69, 9.17) is 9.97 Å². The van der Waals surface area contributed by atoms with Crippen LogP contribution in [0, 0.1) is 0 Å². The summed E-state index contributed by atoms with van der Waals surface area (Å²) in [6, 6.07) is 79.0. The van der Waals surface area contributed by atoms with E-state index in [0.717, 1.165) is 61.5 Å². The second-order valence-corrected chi connectivity index (χ2v) is 17.8. The van der Waals surface area contributed by atoms with E-state index in [2.05, 4.69) is 241 Å². The molecule has 306 valence electrons. The van der Waals surface area contributed by atoms with Crippen molar-refractivity contribution in [2.75, 3.05) is 0 Å². The van der Waals surface area contributed by atoms with Gasteiger partial charge in [0.15, 0.2) is 5.82 Å². The lowest BCUT2D eigenvalue weighted by Gasteiger charge is -2.22. The van der Waals surface area contributed by atoms with Gasteiger partial charge < -0.3 is 9.13 Å². The summed E-state index contributed by atoms with van der Waals surface area (Å²) >= 11 is 0. The molecule has 0 saturated heterocycles. The predicted molar refractivity (Wildman–Crippen MR) is 270 cm³/mol. The van der Waals surface area contributed by atoms with Crippen molar-refractivity contribution in [1.82, 2.24) is 19.1 Å². The molecule has 9 aromatic carbocycles. The van der Waals surface area contributed by atoms with Crippen molar-refractivity contribution >= 4 is 43.6 Å². The van der Waals surface area contributed by atoms with Gasteiger partial charge in [0, 0.05) is 55.0 Å². The largest absolute Gasteiger partial charge is 0.309 e. The molecule has 4 heteroatoms. The fourth-order valence-electron chi connectivity index (χ4n) is 10.6. The second kappa shape index (κ2) is 14.3. The molecule has 13 rings (SSSR count). The van der Waals surface area contributed by atoms with E-state index in [1.807, 2.05) is 0 Å². The first-order valence-corrected chi connectivity index (χ1v) is 22.4. The first-order valence-electron chi connectivity index (χ1n) is 22.4. The molecular formula is C61H42N4. The van der Waals surface area contributed by atoms with Crippen LogP contribution in [0.3, 0.4) is 0 Å². The molecule has 0 atom stereocenters. The maximum atomic E-state index is 5.55. The Kier molecular flexibility index (Phi) is 8.22. The normalized spacial score (nSPS) is 12.9. The van der Waals surface area contributed by atoms with Gasteiger partial charge in [-0.15, -0.1) is 0 Å². The van der Waals surface area contributed by atoms with E-state index < -0.39 is 0 Å². The highest BCUT2D eigenvalue weighted by Gasteiger charge is 2.35. The number of fused-ring (bicyclic) bond motifs is 9. The Morgan fingerprint density at radius 2 is 0.754 bits per heavy atom. The van der Waals surface area contributed by atoms with Crippen molar-refractivity contribution in [2.45, 2.75) is 19.3 Å². The van der Waals surface area contributed by atoms with Crippen LogP contribution in [-0.4, -0.2) is 19.1 Å². The lowest BCUT2D eigenvalue weighted by Crippen LogP contribution is -2.14. The van der Waals surface area contributed by atoms with Crippen LogP contribution < -0.4 is 0 Å². The number of rotatable bonds is 6. The number of nitrogens with zero attached hydrogens (tertiary/aromatic N) is 4. The fraction of sp³-hybridized carbons (Fsp3) is 0.0492. The predicted octanol–water partition coefficient (Wildman–Crippen LogP) is 15.6. The van der Waals surface area contributed by atoms with Crippen LogP contribution in [0.25, 0.3) is 111 Å². The van der Waals surface area contributed by atoms with Gasteiger partial charge in [0.2, 0.25) is 0 Å². The van der Waals surface area contributed by atoms with Gasteiger partial charge in [0.25, 0.3) is 0 Å². The molecule has 65 heavy (non-hydrogen) atoms. The summed E-state index contributed by atoms with van der Waals surface area (Å²) in [4.78, 5) is 11.1. The molecule has 3 heterocycles. The van der Waals surface area contributed by atoms with E-state index >= 15 is 0 Å². The first kappa shape index (κ1) is 37.2. The van der Waals surface area contributed by atoms with E-state index in [1.54, 1.807) is 0 Å². The molecule has 1 aliphatic carbocycles. The Bertz CT molecular complexity index is 3610. The standard InChI is InChI=1S/C61H42N4/c1-61(2)52-23-11-6-18-46(52)47-33-32-42(36-53(47)61)55-38-54(41-30-28-40(29-31-41)39-16-4-3-5-17-39)62-60(63-55)43-34-44(64-56-24-12-7-19-48(56)49-20-8-13-25-57(49)64)37-45(35-43)65-58-26-14-9-21-50(58)51-22-10-15-27-59(51)65/h3-38H,1-2H3. The molecule has 1 aliphatic rings. The van der Waals surface area contributed by atoms with Gasteiger partial charge in [-0.1, -0.05) is 178 Å². The van der Waals surface area contributed by atoms with Gasteiger partial charge in [-0.3, -0.25) is 0 Å². The van der Waals surface area contributed by atoms with Crippen molar-refractivity contribution in [3.05, 3.63) is 230 Å². The van der Waals surface area contributed by atoms with Gasteiger partial charge in [-0.2, -0.15) is 0 Å². The molecule has 0 N–H and O–H groups in total. The number of aromatic nitrogens is 4. The highest BCUT2D eigenvalue weighted by molar-refractivity contribution is 6.10. The summed E-state index contributed by atoms with van der Waals surface area (Å²) in [6.45, 7) is 4.67. The highest BCUT2D eigenvalue weighted by Crippen LogP contribution is 2.49. The van der Waals surface area contributed by atoms with Crippen LogP contribution in [0.1, 0.15) is 25.0 Å². The van der Waals surface area contributed by atoms with Gasteiger partial charge in [-0.05, 0) is 88.0 Å². The van der Waals surface area contributed by atoms with Crippen molar-refractivity contribution in [1.29, 1.82) is 0 Å². The lowest BCUT2D eigenvalue weighted by atomic mass is 9.82. The minimum Gasteiger partial charge on any atom is -0.309 e. The van der Waals surface area contributed by atoms with Crippen molar-refractivity contribution in [3.8, 4) is 67.5 Å². The summed E-state index contributed by atoms with van der Waals surface area (Å²) in [5.74, 6) is 0.664. The van der Waals surface area contributed by atoms with Crippen molar-refractivity contribution in [2.24, 2.45) is 0 Å². The topological polar surface area (TPSA) is 35.6 Å². The highest BCUT2D eigenvalue weighted by atomic mass is 15.0. The van der Waals surface area contributed by atoms with E-state index in [9.17, 15) is 0 Å². The zero-order valence-corrected chi connectivity index (χ0v) is 36.1. The van der Waals surface area contributed by atoms with Crippen LogP contribution in [0.15, 0.2) is 218 Å². The van der Waals surface area contributed by atoms with Crippen molar-refractivity contribution < 1.29 is 0 Å². The first-order chi connectivity index (χ1) is 32.0. The molecule has 0 spiro atoms. The van der Waals surface area contributed by atoms with Crippen LogP contribution in [0.4, 0.5) is 0 Å². The Labute approximate surface area is 377 Å². The second-order valence-electron chi connectivity index (χ2n) is 17.8. The molecular weight excluding hydrogens is 789 g/mol. The van der Waals surface area contributed by atoms with Crippen LogP contribution in [0.5, 0.6) is 0 Å². The van der Waals surface area contributed by atoms with Gasteiger partial charge in [0.05, 0.1) is 33.5 Å². The summed E-state index contributed by atoms with van der Waals surface area (Å²) in [5, 5.41) is 4.86. The van der Waals surface area contributed by atoms with E-state index in [0.29, 0.717) is 5.82 Å². The molecule has 0 saturated carbocycles. The number of para-hydroxylation sites is 4. The summed E-state index contributed by atoms with van der Waals surface area (Å²) < 4.78 is 4.80. The average Bonchev–Trinajstić information content (AvgIpc) is 3.97. The van der Waals surface area contributed by atoms with E-state index in [1.165, 1.54) is 54.9 Å². The smallest absolute Gasteiger partial charge is 0.160 e. The molecule has 3 aromatic heterocycles. The molecule has 0 radical (unpaired) electrons. The van der Waals surface area contributed by atoms with Gasteiger partial charge >= 0.3 is 0 Å². The van der Waals surface area contributed by atoms with Crippen LogP contribution in [-0.2, 0) is 5.41 Å². The monoisotopic (exact) mass is 830 g/mol. The minimum atomic E-state index is -0.151. The SMILES string of the molecule is CC1(C)c2ccccc2-c2ccc(-c3cc(-c4ccc(-c5ccccc5)cc4)nc(-c4cc(-n5c6ccccc6c6ccccc65)cc(-n5c6ccccc6c6ccccc65)c4)n3)cc21. The van der Waals surface area contributed by atoms with E-state index in [-0.39, 0.29) is 5.41 Å². The molecule has 0 fully saturated rings. The van der Waals surface area contributed by atoms with Crippen LogP contribution >= 0.6 is 0 Å². The van der Waals surface area contributed by atoms with Crippen molar-refractivity contribution in [3.63, 3.8) is 0 Å². The molecule has 0 unspecified atom stereocenters. The fourth-order valence-corrected chi connectivity index (χ4v) is 10.6. The number of hydrogen-bond donors (Lipinski definition) is 0. The molecule has 4 nitrogen and oxygen atoms in total. The molecule has 12 aromatic rings. The Hall–Kier alpha value is -8.34. The van der Waals surface area contributed by atoms with Gasteiger partial charge in [0.1, 0.15) is 0 Å². The Balaban J connectivity index is 1.08. The summed E-state index contributed by atoms with van der Waals surface area (Å²) in [6.07, 6.45) is 0. The molecule has 0 amide bonds. The third kappa shape index (κ3) is 5.84. The summed E-state index contributed by atoms with van der Waals surface area (Å²) in [5.41, 5.74) is 18.9. The Morgan fingerprint density at radius 1 is 0.323 bits per heavy atom. The third-order valence-electron chi connectivity index (χ3n) is 13.7. The average molecular weight is 831 g/mol. The zero-order chi connectivity index (χ0) is 43.2. The Morgan fingerprint density at radius 3 is 1.32 bits per heavy atom. The quantitative estimate of drug-likeness (QED) is 0.167. The van der Waals surface area contributed by atoms with Gasteiger partial charge in [-0.25, -0.2) is 9.97 Å².